The lowest BCUT2D eigenvalue weighted by molar-refractivity contribution is -0.122. The van der Waals surface area contributed by atoms with E-state index in [0.29, 0.717) is 28.6 Å². The molecule has 168 valence electrons. The monoisotopic (exact) mass is 448 g/mol. The summed E-state index contributed by atoms with van der Waals surface area (Å²) in [6.45, 7) is 5.99. The summed E-state index contributed by atoms with van der Waals surface area (Å²) in [6.07, 6.45) is 0.0855. The van der Waals surface area contributed by atoms with Crippen LogP contribution in [-0.2, 0) is 20.2 Å². The van der Waals surface area contributed by atoms with Crippen LogP contribution < -0.4 is 23.8 Å². The number of carbonyl (C=O) groups excluding carboxylic acids is 1. The summed E-state index contributed by atoms with van der Waals surface area (Å²) in [5.74, 6) is 0.850. The van der Waals surface area contributed by atoms with Gasteiger partial charge in [0.15, 0.2) is 6.10 Å². The Bertz CT molecular complexity index is 1090. The largest absolute Gasteiger partial charge is 0.497 e. The van der Waals surface area contributed by atoms with Crippen molar-refractivity contribution in [1.29, 1.82) is 0 Å². The van der Waals surface area contributed by atoms with Crippen molar-refractivity contribution < 1.29 is 27.4 Å². The zero-order valence-electron chi connectivity index (χ0n) is 18.6. The number of fused-ring (bicyclic) bond motifs is 1. The molecule has 1 atom stereocenters. The van der Waals surface area contributed by atoms with Crippen molar-refractivity contribution in [1.82, 2.24) is 0 Å². The van der Waals surface area contributed by atoms with Gasteiger partial charge in [-0.3, -0.25) is 9.10 Å². The molecule has 0 radical (unpaired) electrons. The number of sulfonamides is 1. The van der Waals surface area contributed by atoms with Crippen LogP contribution >= 0.6 is 0 Å². The van der Waals surface area contributed by atoms with Crippen molar-refractivity contribution >= 4 is 27.3 Å². The lowest BCUT2D eigenvalue weighted by atomic mass is 9.86. The van der Waals surface area contributed by atoms with Crippen LogP contribution in [0.25, 0.3) is 0 Å². The molecule has 2 aromatic carbocycles. The molecule has 0 fully saturated rings. The lowest BCUT2D eigenvalue weighted by Gasteiger charge is -2.35. The number of hydrogen-bond donors (Lipinski definition) is 1. The summed E-state index contributed by atoms with van der Waals surface area (Å²) >= 11 is 0. The summed E-state index contributed by atoms with van der Waals surface area (Å²) in [7, 11) is -0.615. The molecule has 0 aromatic heterocycles. The Labute approximate surface area is 183 Å². The fourth-order valence-electron chi connectivity index (χ4n) is 3.28. The number of amides is 1. The zero-order chi connectivity index (χ0) is 23.0. The van der Waals surface area contributed by atoms with E-state index in [2.05, 4.69) is 5.32 Å². The molecule has 1 N–H and O–H groups in total. The Balaban J connectivity index is 1.92. The van der Waals surface area contributed by atoms with E-state index in [0.717, 1.165) is 11.8 Å². The fourth-order valence-corrected chi connectivity index (χ4v) is 4.19. The molecule has 1 aliphatic rings. The number of nitrogens with zero attached hydrogens (tertiary/aromatic N) is 1. The average Bonchev–Trinajstić information content (AvgIpc) is 2.71. The van der Waals surface area contributed by atoms with E-state index in [1.165, 1.54) is 18.5 Å². The molecule has 3 rings (SSSR count). The van der Waals surface area contributed by atoms with Gasteiger partial charge in [-0.05, 0) is 35.2 Å². The summed E-state index contributed by atoms with van der Waals surface area (Å²) in [5, 5.41) is 2.75. The molecule has 0 spiro atoms. The number of methoxy groups -OCH3 is 2. The molecule has 31 heavy (non-hydrogen) atoms. The van der Waals surface area contributed by atoms with Crippen LogP contribution in [0.5, 0.6) is 17.2 Å². The van der Waals surface area contributed by atoms with E-state index < -0.39 is 22.0 Å². The molecular weight excluding hydrogens is 420 g/mol. The van der Waals surface area contributed by atoms with Crippen molar-refractivity contribution in [3.05, 3.63) is 42.0 Å². The second-order valence-electron chi connectivity index (χ2n) is 8.39. The van der Waals surface area contributed by atoms with Crippen molar-refractivity contribution in [2.45, 2.75) is 32.3 Å². The predicted octanol–water partition coefficient (Wildman–Crippen LogP) is 3.17. The molecular formula is C22H28N2O6S. The fraction of sp³-hybridized carbons (Fsp3) is 0.409. The normalized spacial score (nSPS) is 16.2. The van der Waals surface area contributed by atoms with Crippen molar-refractivity contribution in [2.24, 2.45) is 0 Å². The van der Waals surface area contributed by atoms with Gasteiger partial charge in [0.25, 0.3) is 5.91 Å². The van der Waals surface area contributed by atoms with Gasteiger partial charge in [0, 0.05) is 6.07 Å². The molecule has 8 nitrogen and oxygen atoms in total. The lowest BCUT2D eigenvalue weighted by Crippen LogP contribution is -2.48. The molecule has 1 amide bonds. The quantitative estimate of drug-likeness (QED) is 0.755. The number of hydrogen-bond acceptors (Lipinski definition) is 6. The Hall–Kier alpha value is -2.94. The summed E-state index contributed by atoms with van der Waals surface area (Å²) in [6, 6.07) is 10.4. The molecule has 2 aromatic rings. The van der Waals surface area contributed by atoms with Crippen LogP contribution in [0.2, 0.25) is 0 Å². The molecule has 0 saturated heterocycles. The first-order valence-corrected chi connectivity index (χ1v) is 11.6. The number of benzene rings is 2. The number of rotatable bonds is 5. The van der Waals surface area contributed by atoms with Gasteiger partial charge in [-0.25, -0.2) is 8.42 Å². The van der Waals surface area contributed by atoms with Crippen LogP contribution in [0, 0.1) is 0 Å². The molecule has 0 saturated carbocycles. The number of nitrogens with one attached hydrogen (secondary N) is 1. The zero-order valence-corrected chi connectivity index (χ0v) is 19.4. The van der Waals surface area contributed by atoms with Crippen LogP contribution in [0.3, 0.4) is 0 Å². The van der Waals surface area contributed by atoms with Crippen LogP contribution in [0.1, 0.15) is 26.3 Å². The second kappa shape index (κ2) is 8.30. The Morgan fingerprint density at radius 2 is 1.84 bits per heavy atom. The first kappa shape index (κ1) is 22.7. The smallest absolute Gasteiger partial charge is 0.267 e. The average molecular weight is 449 g/mol. The summed E-state index contributed by atoms with van der Waals surface area (Å²) < 4.78 is 42.6. The van der Waals surface area contributed by atoms with E-state index in [1.54, 1.807) is 30.3 Å². The van der Waals surface area contributed by atoms with Gasteiger partial charge >= 0.3 is 0 Å². The molecule has 0 unspecified atom stereocenters. The first-order chi connectivity index (χ1) is 14.4. The maximum atomic E-state index is 13.0. The molecule has 1 aliphatic heterocycles. The third-order valence-corrected chi connectivity index (χ3v) is 6.20. The van der Waals surface area contributed by atoms with Crippen molar-refractivity contribution in [3.8, 4) is 17.2 Å². The van der Waals surface area contributed by atoms with E-state index >= 15 is 0 Å². The highest BCUT2D eigenvalue weighted by atomic mass is 32.2. The molecule has 0 aliphatic carbocycles. The molecule has 9 heteroatoms. The second-order valence-corrected chi connectivity index (χ2v) is 10.3. The highest BCUT2D eigenvalue weighted by Gasteiger charge is 2.36. The minimum Gasteiger partial charge on any atom is -0.497 e. The Morgan fingerprint density at radius 1 is 1.13 bits per heavy atom. The van der Waals surface area contributed by atoms with Crippen LogP contribution in [0.4, 0.5) is 11.4 Å². The number of anilines is 2. The highest BCUT2D eigenvalue weighted by molar-refractivity contribution is 7.92. The van der Waals surface area contributed by atoms with Crippen LogP contribution in [0.15, 0.2) is 36.4 Å². The van der Waals surface area contributed by atoms with E-state index in [1.807, 2.05) is 26.8 Å². The van der Waals surface area contributed by atoms with Gasteiger partial charge in [-0.2, -0.15) is 0 Å². The van der Waals surface area contributed by atoms with Gasteiger partial charge < -0.3 is 19.5 Å². The van der Waals surface area contributed by atoms with Crippen molar-refractivity contribution in [2.75, 3.05) is 36.6 Å². The van der Waals surface area contributed by atoms with E-state index in [9.17, 15) is 13.2 Å². The van der Waals surface area contributed by atoms with Gasteiger partial charge in [0.05, 0.1) is 38.4 Å². The first-order valence-electron chi connectivity index (χ1n) is 9.76. The van der Waals surface area contributed by atoms with Crippen LogP contribution in [-0.4, -0.2) is 47.4 Å². The molecule has 0 bridgehead atoms. The maximum Gasteiger partial charge on any atom is 0.267 e. The third kappa shape index (κ3) is 4.87. The van der Waals surface area contributed by atoms with Gasteiger partial charge in [-0.15, -0.1) is 0 Å². The minimum absolute atomic E-state index is 0.135. The third-order valence-electron chi connectivity index (χ3n) is 5.05. The molecule has 1 heterocycles. The van der Waals surface area contributed by atoms with Gasteiger partial charge in [0.1, 0.15) is 17.2 Å². The summed E-state index contributed by atoms with van der Waals surface area (Å²) in [5.41, 5.74) is 1.66. The Kier molecular flexibility index (Phi) is 6.09. The standard InChI is InChI=1S/C22H28N2O6S/c1-22(2,3)14-7-10-18-17(11-14)24(31(6,26)27)13-20(30-18)21(25)23-16-9-8-15(28-4)12-19(16)29-5/h7-12,20H,13H2,1-6H3,(H,23,25)/t20-/m1/s1. The van der Waals surface area contributed by atoms with Gasteiger partial charge in [-0.1, -0.05) is 26.8 Å². The van der Waals surface area contributed by atoms with E-state index in [4.69, 9.17) is 14.2 Å². The highest BCUT2D eigenvalue weighted by Crippen LogP contribution is 2.39. The van der Waals surface area contributed by atoms with E-state index in [-0.39, 0.29) is 12.0 Å². The van der Waals surface area contributed by atoms with Crippen molar-refractivity contribution in [3.63, 3.8) is 0 Å². The number of carbonyl (C=O) groups is 1. The summed E-state index contributed by atoms with van der Waals surface area (Å²) in [4.78, 5) is 13.0. The van der Waals surface area contributed by atoms with Gasteiger partial charge in [0.2, 0.25) is 10.0 Å². The minimum atomic E-state index is -3.63. The maximum absolute atomic E-state index is 13.0. The topological polar surface area (TPSA) is 94.2 Å². The Morgan fingerprint density at radius 3 is 2.42 bits per heavy atom. The number of ether oxygens (including phenoxy) is 3. The SMILES string of the molecule is COc1ccc(NC(=O)[C@H]2CN(S(C)(=O)=O)c3cc(C(C)(C)C)ccc3O2)c(OC)c1. The predicted molar refractivity (Wildman–Crippen MR) is 120 cm³/mol.